The zero-order valence-electron chi connectivity index (χ0n) is 10.4. The number of aliphatic hydroxyl groups excluding tert-OH is 1. The van der Waals surface area contributed by atoms with Gasteiger partial charge in [-0.25, -0.2) is 4.98 Å². The third-order valence-electron chi connectivity index (χ3n) is 2.68. The number of thiazole rings is 1. The second-order valence-electron chi connectivity index (χ2n) is 4.15. The highest BCUT2D eigenvalue weighted by atomic mass is 79.9. The summed E-state index contributed by atoms with van der Waals surface area (Å²) in [4.78, 5) is 7.51. The highest BCUT2D eigenvalue weighted by Gasteiger charge is 2.10. The third kappa shape index (κ3) is 3.10. The number of rotatable bonds is 4. The summed E-state index contributed by atoms with van der Waals surface area (Å²) in [5, 5.41) is 10.1. The number of nitrogens with zero attached hydrogens (tertiary/aromatic N) is 2. The molecule has 0 bridgehead atoms. The molecule has 0 saturated carbocycles. The molecule has 1 N–H and O–H groups in total. The second-order valence-corrected chi connectivity index (χ2v) is 6.12. The molecule has 96 valence electrons. The molecule has 1 aromatic heterocycles. The molecule has 2 rings (SSSR count). The van der Waals surface area contributed by atoms with Crippen LogP contribution in [0.1, 0.15) is 16.1 Å². The largest absolute Gasteiger partial charge is 0.391 e. The summed E-state index contributed by atoms with van der Waals surface area (Å²) >= 11 is 4.97. The fourth-order valence-electron chi connectivity index (χ4n) is 1.65. The van der Waals surface area contributed by atoms with Gasteiger partial charge in [-0.15, -0.1) is 0 Å². The van der Waals surface area contributed by atoms with E-state index in [1.807, 2.05) is 26.1 Å². The van der Waals surface area contributed by atoms with Crippen molar-refractivity contribution in [1.82, 2.24) is 4.98 Å². The lowest BCUT2D eigenvalue weighted by Gasteiger charge is -2.15. The molecule has 1 aromatic carbocycles. The Morgan fingerprint density at radius 1 is 1.33 bits per heavy atom. The molecular formula is C13H15BrN2OS. The number of anilines is 1. The van der Waals surface area contributed by atoms with Crippen molar-refractivity contribution in [1.29, 1.82) is 0 Å². The zero-order valence-corrected chi connectivity index (χ0v) is 12.8. The first-order valence-corrected chi connectivity index (χ1v) is 7.24. The number of hydrogen-bond acceptors (Lipinski definition) is 4. The van der Waals surface area contributed by atoms with Crippen LogP contribution in [0.5, 0.6) is 0 Å². The Hall–Kier alpha value is -0.910. The molecule has 5 heteroatoms. The molecule has 0 unspecified atom stereocenters. The average molecular weight is 327 g/mol. The van der Waals surface area contributed by atoms with Crippen molar-refractivity contribution in [3.8, 4) is 0 Å². The van der Waals surface area contributed by atoms with Crippen LogP contribution in [0.3, 0.4) is 0 Å². The van der Waals surface area contributed by atoms with E-state index in [1.165, 1.54) is 5.56 Å². The van der Waals surface area contributed by atoms with Gasteiger partial charge in [0.2, 0.25) is 0 Å². The van der Waals surface area contributed by atoms with Gasteiger partial charge < -0.3 is 10.0 Å². The lowest BCUT2D eigenvalue weighted by molar-refractivity contribution is 0.284. The van der Waals surface area contributed by atoms with Crippen LogP contribution in [0.25, 0.3) is 0 Å². The number of benzene rings is 1. The Morgan fingerprint density at radius 2 is 2.00 bits per heavy atom. The molecule has 0 saturated heterocycles. The summed E-state index contributed by atoms with van der Waals surface area (Å²) < 4.78 is 1.08. The van der Waals surface area contributed by atoms with Crippen LogP contribution >= 0.6 is 27.3 Å². The van der Waals surface area contributed by atoms with E-state index in [0.717, 1.165) is 26.7 Å². The summed E-state index contributed by atoms with van der Waals surface area (Å²) in [5.74, 6) is 0. The molecule has 0 atom stereocenters. The van der Waals surface area contributed by atoms with E-state index in [9.17, 15) is 5.11 Å². The predicted octanol–water partition coefficient (Wildman–Crippen LogP) is 3.34. The van der Waals surface area contributed by atoms with Crippen molar-refractivity contribution in [2.75, 3.05) is 11.9 Å². The summed E-state index contributed by atoms with van der Waals surface area (Å²) in [6.45, 7) is 2.81. The Morgan fingerprint density at radius 3 is 2.56 bits per heavy atom. The molecule has 0 radical (unpaired) electrons. The summed E-state index contributed by atoms with van der Waals surface area (Å²) in [6, 6.07) is 8.26. The van der Waals surface area contributed by atoms with Crippen molar-refractivity contribution < 1.29 is 5.11 Å². The molecule has 0 fully saturated rings. The average Bonchev–Trinajstić information content (AvgIpc) is 2.73. The van der Waals surface area contributed by atoms with Crippen molar-refractivity contribution in [3.05, 3.63) is 44.9 Å². The van der Waals surface area contributed by atoms with Crippen molar-refractivity contribution in [2.24, 2.45) is 0 Å². The molecule has 1 heterocycles. The van der Waals surface area contributed by atoms with Gasteiger partial charge in [-0.2, -0.15) is 0 Å². The molecule has 3 nitrogen and oxygen atoms in total. The third-order valence-corrected chi connectivity index (χ3v) is 4.47. The second kappa shape index (κ2) is 5.82. The van der Waals surface area contributed by atoms with E-state index in [1.54, 1.807) is 11.3 Å². The standard InChI is InChI=1S/C13H15BrN2OS/c1-9-12(8-17)18-13(15-9)16(2)7-10-3-5-11(14)6-4-10/h3-6,17H,7-8H2,1-2H3. The van der Waals surface area contributed by atoms with E-state index in [-0.39, 0.29) is 6.61 Å². The normalized spacial score (nSPS) is 10.7. The molecule has 0 aliphatic rings. The lowest BCUT2D eigenvalue weighted by atomic mass is 10.2. The van der Waals surface area contributed by atoms with Gasteiger partial charge >= 0.3 is 0 Å². The van der Waals surface area contributed by atoms with E-state index < -0.39 is 0 Å². The number of aromatic nitrogens is 1. The fraction of sp³-hybridized carbons (Fsp3) is 0.308. The maximum absolute atomic E-state index is 9.18. The maximum atomic E-state index is 9.18. The Labute approximate surface area is 119 Å². The quantitative estimate of drug-likeness (QED) is 0.936. The van der Waals surface area contributed by atoms with Gasteiger partial charge in [-0.05, 0) is 24.6 Å². The van der Waals surface area contributed by atoms with Gasteiger partial charge in [-0.3, -0.25) is 0 Å². The van der Waals surface area contributed by atoms with E-state index in [4.69, 9.17) is 0 Å². The zero-order chi connectivity index (χ0) is 13.1. The first kappa shape index (κ1) is 13.5. The van der Waals surface area contributed by atoms with Crippen LogP contribution in [0, 0.1) is 6.92 Å². The number of halogens is 1. The van der Waals surface area contributed by atoms with Crippen LogP contribution < -0.4 is 4.90 Å². The van der Waals surface area contributed by atoms with E-state index in [0.29, 0.717) is 0 Å². The Balaban J connectivity index is 2.11. The van der Waals surface area contributed by atoms with Crippen LogP contribution in [0.15, 0.2) is 28.7 Å². The summed E-state index contributed by atoms with van der Waals surface area (Å²) in [5.41, 5.74) is 2.15. The summed E-state index contributed by atoms with van der Waals surface area (Å²) in [6.07, 6.45) is 0. The van der Waals surface area contributed by atoms with Gasteiger partial charge in [0.15, 0.2) is 5.13 Å². The predicted molar refractivity (Wildman–Crippen MR) is 79.0 cm³/mol. The van der Waals surface area contributed by atoms with Crippen LogP contribution in [0.2, 0.25) is 0 Å². The van der Waals surface area contributed by atoms with Gasteiger partial charge in [-0.1, -0.05) is 39.4 Å². The molecule has 18 heavy (non-hydrogen) atoms. The van der Waals surface area contributed by atoms with Crippen LogP contribution in [0.4, 0.5) is 5.13 Å². The molecule has 2 aromatic rings. The number of aryl methyl sites for hydroxylation is 1. The Kier molecular flexibility index (Phi) is 4.37. The maximum Gasteiger partial charge on any atom is 0.185 e. The molecule has 0 spiro atoms. The van der Waals surface area contributed by atoms with Crippen molar-refractivity contribution in [2.45, 2.75) is 20.1 Å². The fourth-order valence-corrected chi connectivity index (χ4v) is 2.80. The highest BCUT2D eigenvalue weighted by molar-refractivity contribution is 9.10. The summed E-state index contributed by atoms with van der Waals surface area (Å²) in [7, 11) is 2.02. The highest BCUT2D eigenvalue weighted by Crippen LogP contribution is 2.26. The van der Waals surface area contributed by atoms with E-state index in [2.05, 4.69) is 37.9 Å². The minimum Gasteiger partial charge on any atom is -0.391 e. The van der Waals surface area contributed by atoms with Gasteiger partial charge in [0.05, 0.1) is 17.2 Å². The topological polar surface area (TPSA) is 36.4 Å². The SMILES string of the molecule is Cc1nc(N(C)Cc2ccc(Br)cc2)sc1CO. The van der Waals surface area contributed by atoms with Gasteiger partial charge in [0.25, 0.3) is 0 Å². The monoisotopic (exact) mass is 326 g/mol. The van der Waals surface area contributed by atoms with E-state index >= 15 is 0 Å². The minimum absolute atomic E-state index is 0.0651. The molecule has 0 aliphatic heterocycles. The smallest absolute Gasteiger partial charge is 0.185 e. The van der Waals surface area contributed by atoms with Crippen molar-refractivity contribution >= 4 is 32.4 Å². The first-order chi connectivity index (χ1) is 8.60. The van der Waals surface area contributed by atoms with Crippen LogP contribution in [-0.2, 0) is 13.2 Å². The number of aliphatic hydroxyl groups is 1. The van der Waals surface area contributed by atoms with Crippen molar-refractivity contribution in [3.63, 3.8) is 0 Å². The van der Waals surface area contributed by atoms with Gasteiger partial charge in [0.1, 0.15) is 0 Å². The Bertz CT molecular complexity index is 524. The molecular weight excluding hydrogens is 312 g/mol. The number of hydrogen-bond donors (Lipinski definition) is 1. The van der Waals surface area contributed by atoms with Gasteiger partial charge in [0, 0.05) is 18.1 Å². The first-order valence-electron chi connectivity index (χ1n) is 5.63. The molecule has 0 aliphatic carbocycles. The minimum atomic E-state index is 0.0651. The molecule has 0 amide bonds. The van der Waals surface area contributed by atoms with Crippen LogP contribution in [-0.4, -0.2) is 17.1 Å². The lowest BCUT2D eigenvalue weighted by Crippen LogP contribution is -2.15.